The standard InChI is InChI=1S/C20H37N5O3/c1-2-17(25(7-1)16-5-10-26-11-6-16)20-22-19(23-28-20)15-3-4-18(21-14-15)24-8-12-27-13-9-24/h15-23H,1-14H2/p+2. The van der Waals surface area contributed by atoms with Crippen LogP contribution >= 0.6 is 0 Å². The highest BCUT2D eigenvalue weighted by Gasteiger charge is 2.46. The molecular formula is C20H39N5O3+2. The number of morpholine rings is 1. The van der Waals surface area contributed by atoms with Gasteiger partial charge in [-0.25, -0.2) is 4.90 Å². The molecule has 0 aromatic carbocycles. The van der Waals surface area contributed by atoms with Gasteiger partial charge in [0.1, 0.15) is 12.2 Å². The largest absolute Gasteiger partial charge is 0.381 e. The molecule has 0 bridgehead atoms. The number of likely N-dealkylation sites (tertiary alicyclic amines) is 1. The van der Waals surface area contributed by atoms with Crippen molar-refractivity contribution in [3.63, 3.8) is 0 Å². The Morgan fingerprint density at radius 3 is 2.54 bits per heavy atom. The van der Waals surface area contributed by atoms with Gasteiger partial charge in [0.05, 0.1) is 51.7 Å². The lowest BCUT2D eigenvalue weighted by molar-refractivity contribution is -0.942. The Bertz CT molecular complexity index is 492. The summed E-state index contributed by atoms with van der Waals surface area (Å²) in [6, 6.07) is 1.33. The van der Waals surface area contributed by atoms with Crippen LogP contribution in [0.1, 0.15) is 38.5 Å². The lowest BCUT2D eigenvalue weighted by atomic mass is 9.94. The summed E-state index contributed by atoms with van der Waals surface area (Å²) in [5, 5.41) is 6.37. The molecule has 0 aromatic heterocycles. The van der Waals surface area contributed by atoms with E-state index >= 15 is 0 Å². The van der Waals surface area contributed by atoms with Crippen molar-refractivity contribution in [3.05, 3.63) is 0 Å². The SMILES string of the molecule is C1CC(C2NC(C3CCC(N4CCOCC4)[NH2+]C3)NO2)[NH+](C2CCOCC2)C1. The number of piperidine rings is 1. The summed E-state index contributed by atoms with van der Waals surface area (Å²) in [6.07, 6.45) is 8.62. The minimum absolute atomic E-state index is 0.155. The molecule has 0 radical (unpaired) electrons. The molecule has 5 N–H and O–H groups in total. The molecule has 0 saturated carbocycles. The Morgan fingerprint density at radius 1 is 0.929 bits per heavy atom. The Kier molecular flexibility index (Phi) is 6.47. The van der Waals surface area contributed by atoms with Crippen LogP contribution in [0.4, 0.5) is 0 Å². The topological polar surface area (TPSA) is 76.0 Å². The lowest BCUT2D eigenvalue weighted by Gasteiger charge is -2.37. The Morgan fingerprint density at radius 2 is 1.75 bits per heavy atom. The van der Waals surface area contributed by atoms with Gasteiger partial charge in [0.15, 0.2) is 6.23 Å². The maximum absolute atomic E-state index is 6.11. The van der Waals surface area contributed by atoms with Gasteiger partial charge in [-0.2, -0.15) is 5.48 Å². The normalized spacial score (nSPS) is 44.1. The van der Waals surface area contributed by atoms with Crippen LogP contribution in [0.5, 0.6) is 0 Å². The van der Waals surface area contributed by atoms with Crippen LogP contribution in [0, 0.1) is 5.92 Å². The second-order valence-corrected chi connectivity index (χ2v) is 9.29. The quantitative estimate of drug-likeness (QED) is 0.425. The molecule has 6 unspecified atom stereocenters. The highest BCUT2D eigenvalue weighted by molar-refractivity contribution is 4.85. The van der Waals surface area contributed by atoms with Crippen LogP contribution in [0.2, 0.25) is 0 Å². The minimum atomic E-state index is 0.155. The summed E-state index contributed by atoms with van der Waals surface area (Å²) in [5.41, 5.74) is 3.37. The van der Waals surface area contributed by atoms with Gasteiger partial charge in [-0.3, -0.25) is 10.2 Å². The van der Waals surface area contributed by atoms with Crippen LogP contribution in [-0.4, -0.2) is 88.1 Å². The Balaban J connectivity index is 1.11. The average molecular weight is 398 g/mol. The molecule has 0 amide bonds. The smallest absolute Gasteiger partial charge is 0.183 e. The highest BCUT2D eigenvalue weighted by Crippen LogP contribution is 2.20. The second-order valence-electron chi connectivity index (χ2n) is 9.29. The summed E-state index contributed by atoms with van der Waals surface area (Å²) in [5.74, 6) is 0.634. The van der Waals surface area contributed by atoms with E-state index in [1.165, 1.54) is 51.6 Å². The van der Waals surface area contributed by atoms with Gasteiger partial charge in [-0.1, -0.05) is 0 Å². The summed E-state index contributed by atoms with van der Waals surface area (Å²) in [6.45, 7) is 8.29. The molecule has 0 aliphatic carbocycles. The van der Waals surface area contributed by atoms with Crippen LogP contribution in [0.25, 0.3) is 0 Å². The van der Waals surface area contributed by atoms with Crippen molar-refractivity contribution in [2.24, 2.45) is 5.92 Å². The Labute approximate surface area is 168 Å². The molecule has 5 rings (SSSR count). The number of hydroxylamine groups is 1. The number of ether oxygens (including phenoxy) is 2. The highest BCUT2D eigenvalue weighted by atomic mass is 16.7. The summed E-state index contributed by atoms with van der Waals surface area (Å²) in [7, 11) is 0. The van der Waals surface area contributed by atoms with Gasteiger partial charge in [-0.15, -0.1) is 0 Å². The molecular weight excluding hydrogens is 358 g/mol. The van der Waals surface area contributed by atoms with Gasteiger partial charge < -0.3 is 19.7 Å². The maximum Gasteiger partial charge on any atom is 0.183 e. The molecule has 0 aromatic rings. The summed E-state index contributed by atoms with van der Waals surface area (Å²) in [4.78, 5) is 10.5. The monoisotopic (exact) mass is 397 g/mol. The zero-order valence-corrected chi connectivity index (χ0v) is 17.1. The molecule has 8 heteroatoms. The molecule has 6 atom stereocenters. The van der Waals surface area contributed by atoms with Crippen molar-refractivity contribution in [3.8, 4) is 0 Å². The Hall–Kier alpha value is -0.320. The zero-order valence-electron chi connectivity index (χ0n) is 17.1. The van der Waals surface area contributed by atoms with E-state index in [4.69, 9.17) is 14.3 Å². The van der Waals surface area contributed by atoms with Crippen molar-refractivity contribution < 1.29 is 24.5 Å². The molecule has 5 saturated heterocycles. The van der Waals surface area contributed by atoms with Crippen LogP contribution in [0.3, 0.4) is 0 Å². The van der Waals surface area contributed by atoms with E-state index in [1.54, 1.807) is 4.90 Å². The predicted octanol–water partition coefficient (Wildman–Crippen LogP) is -2.38. The minimum Gasteiger partial charge on any atom is -0.381 e. The molecule has 8 nitrogen and oxygen atoms in total. The number of nitrogens with two attached hydrogens (primary N) is 1. The van der Waals surface area contributed by atoms with Crippen molar-refractivity contribution in [2.45, 2.75) is 69.2 Å². The van der Waals surface area contributed by atoms with Gasteiger partial charge >= 0.3 is 0 Å². The first kappa shape index (κ1) is 19.6. The number of rotatable bonds is 4. The third kappa shape index (κ3) is 4.25. The number of hydrogen-bond donors (Lipinski definition) is 4. The fraction of sp³-hybridized carbons (Fsp3) is 1.00. The summed E-state index contributed by atoms with van der Waals surface area (Å²) < 4.78 is 11.1. The van der Waals surface area contributed by atoms with Crippen LogP contribution < -0.4 is 21.0 Å². The maximum atomic E-state index is 6.11. The number of quaternary nitrogens is 2. The van der Waals surface area contributed by atoms with E-state index in [-0.39, 0.29) is 6.23 Å². The van der Waals surface area contributed by atoms with Gasteiger partial charge in [0.25, 0.3) is 0 Å². The number of nitrogens with one attached hydrogen (secondary N) is 3. The molecule has 5 fully saturated rings. The van der Waals surface area contributed by atoms with Gasteiger partial charge in [-0.05, 0) is 6.42 Å². The van der Waals surface area contributed by atoms with E-state index < -0.39 is 0 Å². The molecule has 5 aliphatic rings. The molecule has 160 valence electrons. The fourth-order valence-electron chi connectivity index (χ4n) is 6.14. The molecule has 0 spiro atoms. The first-order valence-electron chi connectivity index (χ1n) is 11.6. The predicted molar refractivity (Wildman–Crippen MR) is 103 cm³/mol. The zero-order chi connectivity index (χ0) is 18.8. The molecule has 5 aliphatic heterocycles. The van der Waals surface area contributed by atoms with Crippen molar-refractivity contribution >= 4 is 0 Å². The van der Waals surface area contributed by atoms with Crippen molar-refractivity contribution in [1.29, 1.82) is 0 Å². The van der Waals surface area contributed by atoms with Gasteiger partial charge in [0, 0.05) is 51.1 Å². The summed E-state index contributed by atoms with van der Waals surface area (Å²) >= 11 is 0. The molecule has 5 heterocycles. The lowest BCUT2D eigenvalue weighted by Crippen LogP contribution is -3.19. The van der Waals surface area contributed by atoms with Crippen molar-refractivity contribution in [1.82, 2.24) is 15.7 Å². The average Bonchev–Trinajstić information content (AvgIpc) is 3.45. The van der Waals surface area contributed by atoms with E-state index in [2.05, 4.69) is 21.0 Å². The third-order valence-electron chi connectivity index (χ3n) is 7.76. The van der Waals surface area contributed by atoms with E-state index in [1.807, 2.05) is 0 Å². The van der Waals surface area contributed by atoms with E-state index in [0.29, 0.717) is 24.3 Å². The van der Waals surface area contributed by atoms with E-state index in [0.717, 1.165) is 45.6 Å². The van der Waals surface area contributed by atoms with Crippen LogP contribution in [0.15, 0.2) is 0 Å². The fourth-order valence-corrected chi connectivity index (χ4v) is 6.14. The molecule has 28 heavy (non-hydrogen) atoms. The van der Waals surface area contributed by atoms with E-state index in [9.17, 15) is 0 Å². The van der Waals surface area contributed by atoms with Crippen molar-refractivity contribution in [2.75, 3.05) is 52.6 Å². The first-order chi connectivity index (χ1) is 13.9. The van der Waals surface area contributed by atoms with Gasteiger partial charge in [0.2, 0.25) is 0 Å². The first-order valence-corrected chi connectivity index (χ1v) is 11.6. The van der Waals surface area contributed by atoms with Crippen LogP contribution in [-0.2, 0) is 14.3 Å². The number of nitrogens with zero attached hydrogens (tertiary/aromatic N) is 1. The number of hydrogen-bond acceptors (Lipinski definition) is 6. The second kappa shape index (κ2) is 9.22. The third-order valence-corrected chi connectivity index (χ3v) is 7.76.